The number of allylic oxidation sites excluding steroid dienone is 2. The maximum absolute atomic E-state index is 3.68. The molecule has 0 heterocycles. The lowest BCUT2D eigenvalue weighted by Crippen LogP contribution is -1.86. The van der Waals surface area contributed by atoms with Gasteiger partial charge >= 0.3 is 0 Å². The Kier molecular flexibility index (Phi) is 3.59. The summed E-state index contributed by atoms with van der Waals surface area (Å²) in [5, 5.41) is 0. The molecule has 0 aliphatic heterocycles. The van der Waals surface area contributed by atoms with Crippen LogP contribution in [0.1, 0.15) is 27.2 Å². The number of hydrogen-bond donors (Lipinski definition) is 0. The van der Waals surface area contributed by atoms with E-state index in [-0.39, 0.29) is 0 Å². The Morgan fingerprint density at radius 2 is 2.12 bits per heavy atom. The van der Waals surface area contributed by atoms with Crippen LogP contribution in [0, 0.1) is 12.8 Å². The Bertz CT molecular complexity index is 78.0. The van der Waals surface area contributed by atoms with Crippen molar-refractivity contribution in [3.63, 3.8) is 0 Å². The summed E-state index contributed by atoms with van der Waals surface area (Å²) in [6.07, 6.45) is 3.11. The first kappa shape index (κ1) is 7.74. The third kappa shape index (κ3) is 3.91. The average molecular weight is 111 g/mol. The molecule has 0 aromatic heterocycles. The van der Waals surface area contributed by atoms with Gasteiger partial charge in [-0.15, -0.1) is 0 Å². The highest BCUT2D eigenvalue weighted by Gasteiger charge is 1.91. The lowest BCUT2D eigenvalue weighted by atomic mass is 10.0. The van der Waals surface area contributed by atoms with E-state index in [1.54, 1.807) is 0 Å². The largest absolute Gasteiger partial charge is 0.0853 e. The van der Waals surface area contributed by atoms with Crippen LogP contribution in [0.4, 0.5) is 0 Å². The summed E-state index contributed by atoms with van der Waals surface area (Å²) in [4.78, 5) is 0. The molecule has 1 radical (unpaired) electrons. The normalized spacial score (nSPS) is 12.9. The van der Waals surface area contributed by atoms with Crippen molar-refractivity contribution in [1.29, 1.82) is 0 Å². The second-order valence-corrected chi connectivity index (χ2v) is 2.65. The molecule has 0 saturated heterocycles. The standard InChI is InChI=1S/C8H15/c1-5-8(4)6-7(2)3/h5,7H,1,6H2,2-4H3/b8-5+. The zero-order valence-electron chi connectivity index (χ0n) is 6.07. The fourth-order valence-corrected chi connectivity index (χ4v) is 0.727. The number of rotatable bonds is 2. The second-order valence-electron chi connectivity index (χ2n) is 2.65. The monoisotopic (exact) mass is 111 g/mol. The van der Waals surface area contributed by atoms with E-state index in [0.717, 1.165) is 5.92 Å². The van der Waals surface area contributed by atoms with Crippen molar-refractivity contribution in [2.24, 2.45) is 5.92 Å². The lowest BCUT2D eigenvalue weighted by molar-refractivity contribution is 0.642. The molecule has 0 amide bonds. The summed E-state index contributed by atoms with van der Waals surface area (Å²) in [5.74, 6) is 0.771. The topological polar surface area (TPSA) is 0 Å². The van der Waals surface area contributed by atoms with E-state index in [2.05, 4.69) is 27.7 Å². The van der Waals surface area contributed by atoms with Gasteiger partial charge in [-0.05, 0) is 26.2 Å². The van der Waals surface area contributed by atoms with E-state index in [4.69, 9.17) is 0 Å². The minimum atomic E-state index is 0.771. The third-order valence-corrected chi connectivity index (χ3v) is 1.08. The minimum absolute atomic E-state index is 0.771. The van der Waals surface area contributed by atoms with Crippen molar-refractivity contribution in [1.82, 2.24) is 0 Å². The van der Waals surface area contributed by atoms with E-state index >= 15 is 0 Å². The van der Waals surface area contributed by atoms with Gasteiger partial charge in [-0.2, -0.15) is 0 Å². The van der Waals surface area contributed by atoms with Crippen LogP contribution in [0.5, 0.6) is 0 Å². The minimum Gasteiger partial charge on any atom is -0.0853 e. The van der Waals surface area contributed by atoms with E-state index in [1.165, 1.54) is 12.0 Å². The molecule has 0 aromatic rings. The van der Waals surface area contributed by atoms with Gasteiger partial charge in [0, 0.05) is 0 Å². The van der Waals surface area contributed by atoms with Gasteiger partial charge in [0.1, 0.15) is 0 Å². The molecule has 0 heteroatoms. The van der Waals surface area contributed by atoms with Crippen molar-refractivity contribution < 1.29 is 0 Å². The van der Waals surface area contributed by atoms with Gasteiger partial charge in [-0.25, -0.2) is 0 Å². The van der Waals surface area contributed by atoms with Crippen LogP contribution in [0.3, 0.4) is 0 Å². The van der Waals surface area contributed by atoms with Crippen LogP contribution in [-0.2, 0) is 0 Å². The van der Waals surface area contributed by atoms with E-state index in [1.807, 2.05) is 6.08 Å². The molecule has 8 heavy (non-hydrogen) atoms. The zero-order chi connectivity index (χ0) is 6.57. The first-order valence-corrected chi connectivity index (χ1v) is 3.11. The van der Waals surface area contributed by atoms with Crippen LogP contribution in [0.2, 0.25) is 0 Å². The smallest absolute Gasteiger partial charge is 0.0300 e. The van der Waals surface area contributed by atoms with Crippen molar-refractivity contribution in [2.75, 3.05) is 0 Å². The molecule has 0 nitrogen and oxygen atoms in total. The second kappa shape index (κ2) is 3.71. The summed E-state index contributed by atoms with van der Waals surface area (Å²) in [6, 6.07) is 0. The molecule has 0 atom stereocenters. The van der Waals surface area contributed by atoms with Crippen LogP contribution in [0.25, 0.3) is 0 Å². The van der Waals surface area contributed by atoms with Gasteiger partial charge < -0.3 is 0 Å². The Morgan fingerprint density at radius 1 is 1.62 bits per heavy atom. The van der Waals surface area contributed by atoms with Crippen LogP contribution in [-0.4, -0.2) is 0 Å². The molecule has 0 rings (SSSR count). The highest BCUT2D eigenvalue weighted by molar-refractivity contribution is 4.99. The highest BCUT2D eigenvalue weighted by Crippen LogP contribution is 2.07. The van der Waals surface area contributed by atoms with E-state index < -0.39 is 0 Å². The van der Waals surface area contributed by atoms with Crippen molar-refractivity contribution in [3.8, 4) is 0 Å². The lowest BCUT2D eigenvalue weighted by Gasteiger charge is -2.01. The van der Waals surface area contributed by atoms with Gasteiger partial charge in [0.15, 0.2) is 0 Å². The maximum Gasteiger partial charge on any atom is -0.0300 e. The average Bonchev–Trinajstić information content (AvgIpc) is 1.65. The van der Waals surface area contributed by atoms with E-state index in [0.29, 0.717) is 0 Å². The summed E-state index contributed by atoms with van der Waals surface area (Å²) >= 11 is 0. The zero-order valence-corrected chi connectivity index (χ0v) is 6.07. The highest BCUT2D eigenvalue weighted by atomic mass is 14.0. The SMILES string of the molecule is [CH2]/C=C(\C)CC(C)C. The fraction of sp³-hybridized carbons (Fsp3) is 0.625. The molecule has 47 valence electrons. The Balaban J connectivity index is 3.39. The van der Waals surface area contributed by atoms with Crippen molar-refractivity contribution in [3.05, 3.63) is 18.6 Å². The van der Waals surface area contributed by atoms with Gasteiger partial charge in [0.25, 0.3) is 0 Å². The van der Waals surface area contributed by atoms with Crippen molar-refractivity contribution in [2.45, 2.75) is 27.2 Å². The molecule has 0 N–H and O–H groups in total. The molecule has 0 unspecified atom stereocenters. The molecular formula is C8H15. The molecule has 0 bridgehead atoms. The molecule has 0 spiro atoms. The first-order valence-electron chi connectivity index (χ1n) is 3.11. The van der Waals surface area contributed by atoms with Gasteiger partial charge in [-0.1, -0.05) is 25.5 Å². The Labute approximate surface area is 52.6 Å². The molecule has 0 saturated carbocycles. The van der Waals surface area contributed by atoms with Gasteiger partial charge in [-0.3, -0.25) is 0 Å². The third-order valence-electron chi connectivity index (χ3n) is 1.08. The predicted molar refractivity (Wildman–Crippen MR) is 38.6 cm³/mol. The predicted octanol–water partition coefficient (Wildman–Crippen LogP) is 2.81. The van der Waals surface area contributed by atoms with Gasteiger partial charge in [0.05, 0.1) is 0 Å². The molecule has 0 fully saturated rings. The summed E-state index contributed by atoms with van der Waals surface area (Å²) in [6.45, 7) is 10.2. The van der Waals surface area contributed by atoms with Crippen molar-refractivity contribution >= 4 is 0 Å². The molecule has 0 aromatic carbocycles. The quantitative estimate of drug-likeness (QED) is 0.514. The summed E-state index contributed by atoms with van der Waals surface area (Å²) < 4.78 is 0. The van der Waals surface area contributed by atoms with Crippen LogP contribution in [0.15, 0.2) is 11.6 Å². The Hall–Kier alpha value is -0.260. The molecule has 0 aliphatic carbocycles. The first-order chi connectivity index (χ1) is 3.66. The van der Waals surface area contributed by atoms with Gasteiger partial charge in [0.2, 0.25) is 0 Å². The summed E-state index contributed by atoms with van der Waals surface area (Å²) in [7, 11) is 0. The molecule has 0 aliphatic rings. The molecular weight excluding hydrogens is 96.1 g/mol. The van der Waals surface area contributed by atoms with E-state index in [9.17, 15) is 0 Å². The van der Waals surface area contributed by atoms with Crippen LogP contribution >= 0.6 is 0 Å². The number of hydrogen-bond acceptors (Lipinski definition) is 0. The maximum atomic E-state index is 3.68. The van der Waals surface area contributed by atoms with Crippen LogP contribution < -0.4 is 0 Å². The fourth-order valence-electron chi connectivity index (χ4n) is 0.727. The summed E-state index contributed by atoms with van der Waals surface area (Å²) in [5.41, 5.74) is 1.39. The Morgan fingerprint density at radius 3 is 2.25 bits per heavy atom.